The van der Waals surface area contributed by atoms with E-state index in [4.69, 9.17) is 4.74 Å². The second-order valence-electron chi connectivity index (χ2n) is 9.36. The average molecular weight is 603 g/mol. The van der Waals surface area contributed by atoms with E-state index in [0.29, 0.717) is 16.9 Å². The van der Waals surface area contributed by atoms with Crippen molar-refractivity contribution in [2.75, 3.05) is 13.7 Å². The van der Waals surface area contributed by atoms with Crippen molar-refractivity contribution in [2.45, 2.75) is 45.7 Å². The zero-order valence-electron chi connectivity index (χ0n) is 22.8. The van der Waals surface area contributed by atoms with Crippen LogP contribution >= 0.6 is 0 Å². The SMILES string of the molecule is COc1ccc(C(C)=O)cc1CC(=O)N[C@H](C(=O)N[C@@H](CC(=O)O)C(=O)COc1c(F)c(F)c(F)c(F)c1F)C(C)C. The lowest BCUT2D eigenvalue weighted by Gasteiger charge is -2.25. The number of benzene rings is 2. The van der Waals surface area contributed by atoms with E-state index in [1.165, 1.54) is 46.1 Å². The van der Waals surface area contributed by atoms with Crippen molar-refractivity contribution in [3.8, 4) is 11.5 Å². The Balaban J connectivity index is 2.20. The van der Waals surface area contributed by atoms with Gasteiger partial charge in [-0.3, -0.25) is 24.0 Å². The number of ether oxygens (including phenoxy) is 2. The number of halogens is 5. The first-order chi connectivity index (χ1) is 19.6. The van der Waals surface area contributed by atoms with Gasteiger partial charge in [-0.25, -0.2) is 13.2 Å². The molecule has 10 nitrogen and oxygen atoms in total. The van der Waals surface area contributed by atoms with Gasteiger partial charge in [0.05, 0.1) is 20.0 Å². The second-order valence-corrected chi connectivity index (χ2v) is 9.36. The number of Topliss-reactive ketones (excluding diaryl/α,β-unsaturated/α-hetero) is 2. The summed E-state index contributed by atoms with van der Waals surface area (Å²) >= 11 is 0. The zero-order chi connectivity index (χ0) is 31.9. The number of carbonyl (C=O) groups excluding carboxylic acids is 4. The minimum Gasteiger partial charge on any atom is -0.496 e. The van der Waals surface area contributed by atoms with Crippen LogP contribution in [0.15, 0.2) is 18.2 Å². The number of rotatable bonds is 14. The molecule has 2 atom stereocenters. The number of carboxylic acid groups (broad SMARTS) is 1. The van der Waals surface area contributed by atoms with Gasteiger partial charge in [-0.15, -0.1) is 0 Å². The van der Waals surface area contributed by atoms with E-state index in [1.54, 1.807) is 0 Å². The van der Waals surface area contributed by atoms with E-state index in [2.05, 4.69) is 15.4 Å². The molecule has 0 spiro atoms. The van der Waals surface area contributed by atoms with E-state index in [0.717, 1.165) is 0 Å². The molecule has 0 saturated carbocycles. The zero-order valence-corrected chi connectivity index (χ0v) is 22.8. The molecule has 0 saturated heterocycles. The molecule has 2 aromatic carbocycles. The van der Waals surface area contributed by atoms with Crippen LogP contribution in [0.1, 0.15) is 43.1 Å². The molecule has 0 fully saturated rings. The van der Waals surface area contributed by atoms with Gasteiger partial charge >= 0.3 is 5.97 Å². The summed E-state index contributed by atoms with van der Waals surface area (Å²) in [5.74, 6) is -18.7. The molecule has 15 heteroatoms. The van der Waals surface area contributed by atoms with Crippen molar-refractivity contribution in [2.24, 2.45) is 5.92 Å². The second kappa shape index (κ2) is 14.4. The molecule has 0 aliphatic heterocycles. The monoisotopic (exact) mass is 602 g/mol. The third-order valence-electron chi connectivity index (χ3n) is 5.92. The summed E-state index contributed by atoms with van der Waals surface area (Å²) in [6, 6.07) is 1.24. The predicted molar refractivity (Wildman–Crippen MR) is 134 cm³/mol. The number of amides is 2. The minimum absolute atomic E-state index is 0.267. The largest absolute Gasteiger partial charge is 0.496 e. The van der Waals surface area contributed by atoms with Crippen molar-refractivity contribution >= 4 is 29.4 Å². The summed E-state index contributed by atoms with van der Waals surface area (Å²) in [5.41, 5.74) is 0.634. The van der Waals surface area contributed by atoms with Crippen molar-refractivity contribution in [1.82, 2.24) is 10.6 Å². The normalized spacial score (nSPS) is 12.3. The molecule has 0 aromatic heterocycles. The Bertz CT molecular complexity index is 1370. The maximum Gasteiger partial charge on any atom is 0.305 e. The number of methoxy groups -OCH3 is 1. The molecular weight excluding hydrogens is 575 g/mol. The van der Waals surface area contributed by atoms with Crippen LogP contribution in [0.2, 0.25) is 0 Å². The molecular formula is C27H27F5N2O8. The number of ketones is 2. The summed E-state index contributed by atoms with van der Waals surface area (Å²) in [6.45, 7) is 3.01. The Hall–Kier alpha value is -4.56. The lowest BCUT2D eigenvalue weighted by Crippen LogP contribution is -2.54. The van der Waals surface area contributed by atoms with Gasteiger partial charge in [0.15, 0.2) is 17.3 Å². The van der Waals surface area contributed by atoms with Gasteiger partial charge in [-0.05, 0) is 31.0 Å². The summed E-state index contributed by atoms with van der Waals surface area (Å²) in [6.07, 6.45) is -1.37. The highest BCUT2D eigenvalue weighted by Gasteiger charge is 2.32. The molecule has 2 amide bonds. The fraction of sp³-hybridized carbons (Fsp3) is 0.370. The molecule has 0 heterocycles. The van der Waals surface area contributed by atoms with E-state index in [9.17, 15) is 51.0 Å². The average Bonchev–Trinajstić information content (AvgIpc) is 2.92. The molecule has 0 aliphatic carbocycles. The van der Waals surface area contributed by atoms with Gasteiger partial charge in [-0.2, -0.15) is 8.78 Å². The summed E-state index contributed by atoms with van der Waals surface area (Å²) in [7, 11) is 1.35. The van der Waals surface area contributed by atoms with E-state index in [1.807, 2.05) is 0 Å². The fourth-order valence-corrected chi connectivity index (χ4v) is 3.70. The molecule has 228 valence electrons. The minimum atomic E-state index is -2.45. The Morgan fingerprint density at radius 1 is 0.905 bits per heavy atom. The molecule has 0 radical (unpaired) electrons. The van der Waals surface area contributed by atoms with Crippen LogP contribution in [-0.4, -0.2) is 60.3 Å². The number of nitrogens with one attached hydrogen (secondary N) is 2. The molecule has 2 aromatic rings. The lowest BCUT2D eigenvalue weighted by atomic mass is 10.0. The summed E-state index contributed by atoms with van der Waals surface area (Å²) in [4.78, 5) is 61.5. The number of aliphatic carboxylic acids is 1. The predicted octanol–water partition coefficient (Wildman–Crippen LogP) is 2.88. The Kier molecular flexibility index (Phi) is 11.5. The van der Waals surface area contributed by atoms with Crippen molar-refractivity contribution < 1.29 is 60.5 Å². The molecule has 42 heavy (non-hydrogen) atoms. The van der Waals surface area contributed by atoms with Gasteiger partial charge in [0.25, 0.3) is 0 Å². The van der Waals surface area contributed by atoms with Crippen molar-refractivity contribution in [3.05, 3.63) is 58.4 Å². The highest BCUT2D eigenvalue weighted by molar-refractivity contribution is 5.96. The van der Waals surface area contributed by atoms with Crippen molar-refractivity contribution in [3.63, 3.8) is 0 Å². The maximum atomic E-state index is 13.9. The number of carboxylic acids is 1. The molecule has 0 unspecified atom stereocenters. The van der Waals surface area contributed by atoms with E-state index in [-0.39, 0.29) is 12.2 Å². The molecule has 2 rings (SSSR count). The first kappa shape index (κ1) is 33.6. The van der Waals surface area contributed by atoms with Crippen LogP contribution < -0.4 is 20.1 Å². The third kappa shape index (κ3) is 8.24. The highest BCUT2D eigenvalue weighted by Crippen LogP contribution is 2.29. The topological polar surface area (TPSA) is 148 Å². The van der Waals surface area contributed by atoms with E-state index < -0.39 is 89.4 Å². The van der Waals surface area contributed by atoms with Gasteiger partial charge in [0, 0.05) is 11.1 Å². The van der Waals surface area contributed by atoms with Gasteiger partial charge in [0.2, 0.25) is 40.9 Å². The van der Waals surface area contributed by atoms with Crippen LogP contribution in [-0.2, 0) is 25.6 Å². The number of hydrogen-bond donors (Lipinski definition) is 3. The fourth-order valence-electron chi connectivity index (χ4n) is 3.70. The van der Waals surface area contributed by atoms with Crippen LogP contribution in [0, 0.1) is 35.0 Å². The third-order valence-corrected chi connectivity index (χ3v) is 5.92. The van der Waals surface area contributed by atoms with Gasteiger partial charge in [-0.1, -0.05) is 13.8 Å². The van der Waals surface area contributed by atoms with E-state index >= 15 is 0 Å². The first-order valence-electron chi connectivity index (χ1n) is 12.2. The number of carbonyl (C=O) groups is 5. The quantitative estimate of drug-likeness (QED) is 0.129. The van der Waals surface area contributed by atoms with Crippen LogP contribution in [0.4, 0.5) is 22.0 Å². The molecule has 3 N–H and O–H groups in total. The Labute approximate surface area is 236 Å². The Morgan fingerprint density at radius 3 is 1.98 bits per heavy atom. The maximum absolute atomic E-state index is 13.9. The summed E-state index contributed by atoms with van der Waals surface area (Å²) < 4.78 is 77.5. The van der Waals surface area contributed by atoms with Crippen LogP contribution in [0.5, 0.6) is 11.5 Å². The van der Waals surface area contributed by atoms with Crippen LogP contribution in [0.3, 0.4) is 0 Å². The van der Waals surface area contributed by atoms with Crippen LogP contribution in [0.25, 0.3) is 0 Å². The molecule has 0 bridgehead atoms. The lowest BCUT2D eigenvalue weighted by molar-refractivity contribution is -0.141. The summed E-state index contributed by atoms with van der Waals surface area (Å²) in [5, 5.41) is 13.7. The first-order valence-corrected chi connectivity index (χ1v) is 12.2. The Morgan fingerprint density at radius 2 is 1.48 bits per heavy atom. The van der Waals surface area contributed by atoms with Gasteiger partial charge < -0.3 is 25.2 Å². The number of hydrogen-bond acceptors (Lipinski definition) is 7. The van der Waals surface area contributed by atoms with Gasteiger partial charge in [0.1, 0.15) is 24.4 Å². The molecule has 0 aliphatic rings. The highest BCUT2D eigenvalue weighted by atomic mass is 19.2. The van der Waals surface area contributed by atoms with Crippen molar-refractivity contribution in [1.29, 1.82) is 0 Å². The smallest absolute Gasteiger partial charge is 0.305 e. The standard InChI is InChI=1S/C27H27F5N2O8/c1-11(2)25(34-18(37)8-14-7-13(12(3)35)5-6-17(14)41-4)27(40)33-15(9-19(38)39)16(36)10-42-26-23(31)21(29)20(28)22(30)24(26)32/h5-7,11,15,25H,8-10H2,1-4H3,(H,33,40)(H,34,37)(H,38,39)/t15-,25-/m0/s1.